The lowest BCUT2D eigenvalue weighted by molar-refractivity contribution is -0.145. The van der Waals surface area contributed by atoms with Gasteiger partial charge in [-0.15, -0.1) is 0 Å². The molecule has 0 spiro atoms. The lowest BCUT2D eigenvalue weighted by Crippen LogP contribution is -2.55. The fourth-order valence-corrected chi connectivity index (χ4v) is 2.92. The highest BCUT2D eigenvalue weighted by Crippen LogP contribution is 2.23. The maximum atomic E-state index is 12.6. The summed E-state index contributed by atoms with van der Waals surface area (Å²) >= 11 is 1.45. The number of hydrogen-bond donors (Lipinski definition) is 4. The molecule has 1 rings (SSSR count). The first kappa shape index (κ1) is 27.5. The van der Waals surface area contributed by atoms with Crippen molar-refractivity contribution >= 4 is 41.6 Å². The molecule has 0 radical (unpaired) electrons. The van der Waals surface area contributed by atoms with Crippen molar-refractivity contribution in [1.29, 1.82) is 0 Å². The topological polar surface area (TPSA) is 173 Å². The number of epoxide rings is 1. The minimum atomic E-state index is -1.47. The molecule has 0 aromatic carbocycles. The van der Waals surface area contributed by atoms with Crippen molar-refractivity contribution in [1.82, 2.24) is 16.0 Å². The SMILES string of the molecule is CCOC(=O)[C@H]1O[C@@H]1C(=O)NC[C@H](NC(=O)[C@H](CCSC)NC(=O)OC(C)(C)C)C(=O)O. The molecule has 0 aromatic rings. The number of carboxylic acid groups (broad SMARTS) is 1. The van der Waals surface area contributed by atoms with Crippen molar-refractivity contribution in [3.63, 3.8) is 0 Å². The molecule has 1 aliphatic heterocycles. The third-order valence-corrected chi connectivity index (χ3v) is 4.63. The molecule has 4 N–H and O–H groups in total. The Morgan fingerprint density at radius 1 is 1.09 bits per heavy atom. The zero-order chi connectivity index (χ0) is 24.5. The van der Waals surface area contributed by atoms with Crippen LogP contribution in [0.4, 0.5) is 4.79 Å². The maximum absolute atomic E-state index is 12.6. The first-order chi connectivity index (χ1) is 14.9. The molecule has 0 aliphatic carbocycles. The molecular formula is C19H31N3O9S. The van der Waals surface area contributed by atoms with Crippen molar-refractivity contribution in [2.24, 2.45) is 0 Å². The number of carbonyl (C=O) groups is 5. The predicted molar refractivity (Wildman–Crippen MR) is 114 cm³/mol. The number of aliphatic carboxylic acids is 1. The number of amides is 3. The highest BCUT2D eigenvalue weighted by molar-refractivity contribution is 7.98. The maximum Gasteiger partial charge on any atom is 0.408 e. The van der Waals surface area contributed by atoms with Gasteiger partial charge < -0.3 is 35.3 Å². The quantitative estimate of drug-likeness (QED) is 0.215. The van der Waals surface area contributed by atoms with Gasteiger partial charge in [-0.25, -0.2) is 14.4 Å². The number of rotatable bonds is 12. The Morgan fingerprint density at radius 3 is 2.28 bits per heavy atom. The van der Waals surface area contributed by atoms with Gasteiger partial charge in [0.15, 0.2) is 12.2 Å². The van der Waals surface area contributed by atoms with Crippen LogP contribution in [0, 0.1) is 0 Å². The van der Waals surface area contributed by atoms with Crippen molar-refractivity contribution in [3.8, 4) is 0 Å². The van der Waals surface area contributed by atoms with Gasteiger partial charge in [0.2, 0.25) is 5.91 Å². The van der Waals surface area contributed by atoms with Crippen LogP contribution in [0.25, 0.3) is 0 Å². The Hall–Kier alpha value is -2.54. The third-order valence-electron chi connectivity index (χ3n) is 3.98. The Kier molecular flexibility index (Phi) is 10.7. The number of carbonyl (C=O) groups excluding carboxylic acids is 4. The molecule has 0 aromatic heterocycles. The van der Waals surface area contributed by atoms with E-state index < -0.39 is 66.3 Å². The van der Waals surface area contributed by atoms with E-state index in [1.165, 1.54) is 11.8 Å². The second-order valence-electron chi connectivity index (χ2n) is 7.85. The summed E-state index contributed by atoms with van der Waals surface area (Å²) in [7, 11) is 0. The molecule has 3 amide bonds. The van der Waals surface area contributed by atoms with Gasteiger partial charge >= 0.3 is 18.0 Å². The van der Waals surface area contributed by atoms with Crippen molar-refractivity contribution < 1.29 is 43.3 Å². The monoisotopic (exact) mass is 477 g/mol. The summed E-state index contributed by atoms with van der Waals surface area (Å²) in [6, 6.07) is -2.50. The smallest absolute Gasteiger partial charge is 0.408 e. The molecule has 0 unspecified atom stereocenters. The molecule has 0 saturated carbocycles. The van der Waals surface area contributed by atoms with Crippen molar-refractivity contribution in [3.05, 3.63) is 0 Å². The lowest BCUT2D eigenvalue weighted by Gasteiger charge is -2.24. The van der Waals surface area contributed by atoms with Crippen LogP contribution in [0.5, 0.6) is 0 Å². The summed E-state index contributed by atoms with van der Waals surface area (Å²) in [6.45, 7) is 6.31. The summed E-state index contributed by atoms with van der Waals surface area (Å²) < 4.78 is 14.8. The largest absolute Gasteiger partial charge is 0.480 e. The molecule has 182 valence electrons. The molecule has 32 heavy (non-hydrogen) atoms. The fraction of sp³-hybridized carbons (Fsp3) is 0.737. The number of hydrogen-bond acceptors (Lipinski definition) is 9. The van der Waals surface area contributed by atoms with E-state index in [-0.39, 0.29) is 13.0 Å². The van der Waals surface area contributed by atoms with Gasteiger partial charge in [-0.1, -0.05) is 0 Å². The summed E-state index contributed by atoms with van der Waals surface area (Å²) in [5, 5.41) is 16.5. The van der Waals surface area contributed by atoms with Crippen LogP contribution in [-0.2, 0) is 33.4 Å². The summed E-state index contributed by atoms with van der Waals surface area (Å²) in [5.74, 6) is -2.98. The predicted octanol–water partition coefficient (Wildman–Crippen LogP) is -0.351. The van der Waals surface area contributed by atoms with Crippen molar-refractivity contribution in [2.75, 3.05) is 25.2 Å². The molecule has 1 aliphatic rings. The Labute approximate surface area is 190 Å². The minimum absolute atomic E-state index is 0.134. The Bertz CT molecular complexity index is 711. The van der Waals surface area contributed by atoms with Crippen LogP contribution in [-0.4, -0.2) is 90.0 Å². The summed E-state index contributed by atoms with van der Waals surface area (Å²) in [5.41, 5.74) is -0.773. The second kappa shape index (κ2) is 12.5. The van der Waals surface area contributed by atoms with E-state index in [1.54, 1.807) is 27.7 Å². The molecular weight excluding hydrogens is 446 g/mol. The molecule has 1 heterocycles. The van der Waals surface area contributed by atoms with E-state index in [1.807, 2.05) is 6.26 Å². The van der Waals surface area contributed by atoms with E-state index in [0.717, 1.165) is 0 Å². The van der Waals surface area contributed by atoms with Gasteiger partial charge in [0.25, 0.3) is 5.91 Å². The zero-order valence-corrected chi connectivity index (χ0v) is 19.6. The number of nitrogens with one attached hydrogen (secondary N) is 3. The second-order valence-corrected chi connectivity index (χ2v) is 8.84. The van der Waals surface area contributed by atoms with Crippen LogP contribution in [0.15, 0.2) is 0 Å². The van der Waals surface area contributed by atoms with Crippen molar-refractivity contribution in [2.45, 2.75) is 64.0 Å². The van der Waals surface area contributed by atoms with E-state index in [4.69, 9.17) is 14.2 Å². The molecule has 4 atom stereocenters. The summed E-state index contributed by atoms with van der Waals surface area (Å²) in [6.07, 6.45) is -0.845. The molecule has 1 saturated heterocycles. The number of carboxylic acids is 1. The van der Waals surface area contributed by atoms with Crippen LogP contribution in [0.2, 0.25) is 0 Å². The number of alkyl carbamates (subject to hydrolysis) is 1. The van der Waals surface area contributed by atoms with E-state index in [0.29, 0.717) is 5.75 Å². The first-order valence-corrected chi connectivity index (χ1v) is 11.4. The van der Waals surface area contributed by atoms with Gasteiger partial charge in [-0.3, -0.25) is 9.59 Å². The van der Waals surface area contributed by atoms with Gasteiger partial charge in [0, 0.05) is 6.54 Å². The number of esters is 1. The van der Waals surface area contributed by atoms with Gasteiger partial charge in [0.05, 0.1) is 6.61 Å². The number of thioether (sulfide) groups is 1. The van der Waals surface area contributed by atoms with E-state index in [2.05, 4.69) is 16.0 Å². The molecule has 1 fully saturated rings. The highest BCUT2D eigenvalue weighted by atomic mass is 32.2. The van der Waals surface area contributed by atoms with Gasteiger partial charge in [-0.2, -0.15) is 11.8 Å². The van der Waals surface area contributed by atoms with E-state index >= 15 is 0 Å². The molecule has 12 nitrogen and oxygen atoms in total. The van der Waals surface area contributed by atoms with Gasteiger partial charge in [0.1, 0.15) is 17.7 Å². The Morgan fingerprint density at radius 2 is 1.75 bits per heavy atom. The molecule has 0 bridgehead atoms. The first-order valence-electron chi connectivity index (χ1n) is 10.0. The average Bonchev–Trinajstić information content (AvgIpc) is 3.47. The summed E-state index contributed by atoms with van der Waals surface area (Å²) in [4.78, 5) is 59.8. The molecule has 13 heteroatoms. The van der Waals surface area contributed by atoms with Crippen LogP contribution in [0.3, 0.4) is 0 Å². The minimum Gasteiger partial charge on any atom is -0.480 e. The van der Waals surface area contributed by atoms with Crippen LogP contribution in [0.1, 0.15) is 34.1 Å². The Balaban J connectivity index is 2.66. The van der Waals surface area contributed by atoms with Gasteiger partial charge in [-0.05, 0) is 46.1 Å². The fourth-order valence-electron chi connectivity index (χ4n) is 2.45. The average molecular weight is 478 g/mol. The standard InChI is InChI=1S/C19H31N3O9S/c1-6-29-17(27)13-12(30-13)15(24)20-9-11(16(25)26)21-14(23)10(7-8-32-5)22-18(28)31-19(2,3)4/h10-13H,6-9H2,1-5H3,(H,20,24)(H,21,23)(H,22,28)(H,25,26)/t10-,11-,12-,13-/m0/s1. The third kappa shape index (κ3) is 9.73. The highest BCUT2D eigenvalue weighted by Gasteiger charge is 2.51. The zero-order valence-electron chi connectivity index (χ0n) is 18.8. The van der Waals surface area contributed by atoms with Crippen LogP contribution >= 0.6 is 11.8 Å². The van der Waals surface area contributed by atoms with E-state index in [9.17, 15) is 29.1 Å². The number of ether oxygens (including phenoxy) is 3. The lowest BCUT2D eigenvalue weighted by atomic mass is 10.2. The van der Waals surface area contributed by atoms with Crippen LogP contribution < -0.4 is 16.0 Å². The normalized spacial score (nSPS) is 19.2.